The van der Waals surface area contributed by atoms with Crippen LogP contribution in [0.1, 0.15) is 5.56 Å². The normalized spacial score (nSPS) is 11.6. The molecule has 0 saturated heterocycles. The molecule has 212 valence electrons. The quantitative estimate of drug-likeness (QED) is 0.0626. The molecule has 0 N–H and O–H groups in total. The number of thiocarbonyl (C=S) groups is 1. The van der Waals surface area contributed by atoms with E-state index in [9.17, 15) is 0 Å². The Balaban J connectivity index is 1.24. The molecule has 0 fully saturated rings. The maximum absolute atomic E-state index is 6.40. The average Bonchev–Trinajstić information content (AvgIpc) is 3.48. The maximum Gasteiger partial charge on any atom is 0.136 e. The zero-order valence-corrected chi connectivity index (χ0v) is 25.4. The second-order valence-electron chi connectivity index (χ2n) is 11.2. The standard InChI is InChI=1S/C43H28OS/c1-2-3-20-40(45)43-35-16-9-7-14-33(35)41(34-15-8-10-17-36(34)43)30-23-21-28(22-24-30)31-25-26-37-39(27-31)44-38-19-11-18-32(42(37)38)29-12-5-4-6-13-29/h2-27H,1H2/b20-3-. The van der Waals surface area contributed by atoms with Gasteiger partial charge in [-0.1, -0.05) is 152 Å². The minimum absolute atomic E-state index is 0.807. The number of hydrogen-bond acceptors (Lipinski definition) is 2. The summed E-state index contributed by atoms with van der Waals surface area (Å²) in [6.07, 6.45) is 5.64. The van der Waals surface area contributed by atoms with Gasteiger partial charge in [-0.3, -0.25) is 0 Å². The zero-order chi connectivity index (χ0) is 30.3. The van der Waals surface area contributed by atoms with E-state index in [2.05, 4.69) is 140 Å². The van der Waals surface area contributed by atoms with E-state index in [1.165, 1.54) is 33.0 Å². The van der Waals surface area contributed by atoms with E-state index in [1.54, 1.807) is 6.08 Å². The number of furan rings is 1. The van der Waals surface area contributed by atoms with Gasteiger partial charge in [0.1, 0.15) is 11.2 Å². The van der Waals surface area contributed by atoms with Crippen molar-refractivity contribution in [2.75, 3.05) is 0 Å². The summed E-state index contributed by atoms with van der Waals surface area (Å²) in [5.74, 6) is 0. The zero-order valence-electron chi connectivity index (χ0n) is 24.5. The van der Waals surface area contributed by atoms with Crippen molar-refractivity contribution >= 4 is 60.6 Å². The third-order valence-corrected chi connectivity index (χ3v) is 8.99. The predicted molar refractivity (Wildman–Crippen MR) is 196 cm³/mol. The van der Waals surface area contributed by atoms with E-state index in [0.717, 1.165) is 54.3 Å². The van der Waals surface area contributed by atoms with Crippen molar-refractivity contribution in [3.8, 4) is 33.4 Å². The molecule has 0 radical (unpaired) electrons. The molecule has 0 saturated carbocycles. The van der Waals surface area contributed by atoms with Gasteiger partial charge in [-0.25, -0.2) is 0 Å². The molecule has 0 bridgehead atoms. The van der Waals surface area contributed by atoms with E-state index >= 15 is 0 Å². The minimum Gasteiger partial charge on any atom is -0.456 e. The lowest BCUT2D eigenvalue weighted by Crippen LogP contribution is -1.98. The van der Waals surface area contributed by atoms with Crippen LogP contribution in [0.5, 0.6) is 0 Å². The highest BCUT2D eigenvalue weighted by molar-refractivity contribution is 7.81. The maximum atomic E-state index is 6.40. The second kappa shape index (κ2) is 11.2. The molecule has 8 aromatic rings. The van der Waals surface area contributed by atoms with Crippen LogP contribution in [-0.4, -0.2) is 4.86 Å². The SMILES string of the molecule is C=C/C=C\C(=S)c1c2ccccc2c(-c2ccc(-c3ccc4c(c3)oc3cccc(-c5ccccc5)c34)cc2)c2ccccc12. The highest BCUT2D eigenvalue weighted by Gasteiger charge is 2.17. The number of allylic oxidation sites excluding steroid dienone is 3. The minimum atomic E-state index is 0.807. The summed E-state index contributed by atoms with van der Waals surface area (Å²) < 4.78 is 6.40. The summed E-state index contributed by atoms with van der Waals surface area (Å²) in [4.78, 5) is 0.807. The van der Waals surface area contributed by atoms with Crippen LogP contribution in [0.25, 0.3) is 76.9 Å². The van der Waals surface area contributed by atoms with Crippen LogP contribution in [0.4, 0.5) is 0 Å². The largest absolute Gasteiger partial charge is 0.456 e. The second-order valence-corrected chi connectivity index (χ2v) is 11.7. The fraction of sp³-hybridized carbons (Fsp3) is 0. The summed E-state index contributed by atoms with van der Waals surface area (Å²) >= 11 is 5.92. The molecule has 0 amide bonds. The molecular weight excluding hydrogens is 565 g/mol. The fourth-order valence-corrected chi connectivity index (χ4v) is 6.94. The molecule has 45 heavy (non-hydrogen) atoms. The highest BCUT2D eigenvalue weighted by Crippen LogP contribution is 2.41. The summed E-state index contributed by atoms with van der Waals surface area (Å²) in [5, 5.41) is 6.96. The van der Waals surface area contributed by atoms with Crippen molar-refractivity contribution in [2.45, 2.75) is 0 Å². The molecule has 0 unspecified atom stereocenters. The lowest BCUT2D eigenvalue weighted by Gasteiger charge is -2.17. The van der Waals surface area contributed by atoms with Gasteiger partial charge in [0.25, 0.3) is 0 Å². The Morgan fingerprint density at radius 1 is 0.533 bits per heavy atom. The van der Waals surface area contributed by atoms with Gasteiger partial charge in [0.05, 0.1) is 0 Å². The van der Waals surface area contributed by atoms with E-state index in [4.69, 9.17) is 16.6 Å². The number of rotatable bonds is 6. The molecule has 1 aromatic heterocycles. The average molecular weight is 593 g/mol. The summed E-state index contributed by atoms with van der Waals surface area (Å²) in [5.41, 5.74) is 9.91. The molecule has 1 nitrogen and oxygen atoms in total. The lowest BCUT2D eigenvalue weighted by molar-refractivity contribution is 0.669. The van der Waals surface area contributed by atoms with Crippen molar-refractivity contribution in [3.05, 3.63) is 170 Å². The van der Waals surface area contributed by atoms with Gasteiger partial charge in [0, 0.05) is 21.2 Å². The molecule has 1 heterocycles. The first-order chi connectivity index (χ1) is 22.2. The van der Waals surface area contributed by atoms with Gasteiger partial charge in [-0.15, -0.1) is 0 Å². The van der Waals surface area contributed by atoms with Crippen LogP contribution in [0, 0.1) is 0 Å². The molecule has 0 aliphatic rings. The monoisotopic (exact) mass is 592 g/mol. The van der Waals surface area contributed by atoms with Crippen molar-refractivity contribution in [2.24, 2.45) is 0 Å². The predicted octanol–water partition coefficient (Wildman–Crippen LogP) is 12.4. The number of benzene rings is 7. The molecule has 0 spiro atoms. The first-order valence-corrected chi connectivity index (χ1v) is 15.5. The fourth-order valence-electron chi connectivity index (χ4n) is 6.64. The third-order valence-electron chi connectivity index (χ3n) is 8.65. The van der Waals surface area contributed by atoms with Gasteiger partial charge in [-0.2, -0.15) is 0 Å². The van der Waals surface area contributed by atoms with Crippen LogP contribution >= 0.6 is 12.2 Å². The molecule has 2 heteroatoms. The molecule has 0 atom stereocenters. The van der Waals surface area contributed by atoms with Crippen molar-refractivity contribution in [3.63, 3.8) is 0 Å². The van der Waals surface area contributed by atoms with Crippen LogP contribution in [-0.2, 0) is 0 Å². The van der Waals surface area contributed by atoms with Crippen molar-refractivity contribution in [1.82, 2.24) is 0 Å². The Morgan fingerprint density at radius 2 is 1.16 bits per heavy atom. The first kappa shape index (κ1) is 27.0. The molecule has 7 aromatic carbocycles. The van der Waals surface area contributed by atoms with Crippen LogP contribution in [0.3, 0.4) is 0 Å². The summed E-state index contributed by atoms with van der Waals surface area (Å²) in [6.45, 7) is 3.82. The van der Waals surface area contributed by atoms with Gasteiger partial charge in [-0.05, 0) is 79.2 Å². The molecule has 0 aliphatic heterocycles. The van der Waals surface area contributed by atoms with E-state index in [0.29, 0.717) is 0 Å². The van der Waals surface area contributed by atoms with Crippen molar-refractivity contribution in [1.29, 1.82) is 0 Å². The molecule has 0 aliphatic carbocycles. The topological polar surface area (TPSA) is 13.1 Å². The Kier molecular flexibility index (Phi) is 6.70. The Morgan fingerprint density at radius 3 is 1.84 bits per heavy atom. The number of hydrogen-bond donors (Lipinski definition) is 0. The van der Waals surface area contributed by atoms with Gasteiger partial charge in [0.15, 0.2) is 0 Å². The third kappa shape index (κ3) is 4.59. The Labute approximate surface area is 267 Å². The van der Waals surface area contributed by atoms with E-state index < -0.39 is 0 Å². The highest BCUT2D eigenvalue weighted by atomic mass is 32.1. The van der Waals surface area contributed by atoms with Crippen LogP contribution in [0.15, 0.2) is 169 Å². The summed E-state index contributed by atoms with van der Waals surface area (Å²) in [6, 6.07) is 49.4. The van der Waals surface area contributed by atoms with Gasteiger partial charge < -0.3 is 4.42 Å². The molecule has 8 rings (SSSR count). The Hall–Kier alpha value is -5.57. The number of fused-ring (bicyclic) bond motifs is 5. The van der Waals surface area contributed by atoms with Crippen molar-refractivity contribution < 1.29 is 4.42 Å². The van der Waals surface area contributed by atoms with Crippen LogP contribution in [0.2, 0.25) is 0 Å². The first-order valence-electron chi connectivity index (χ1n) is 15.1. The van der Waals surface area contributed by atoms with Gasteiger partial charge >= 0.3 is 0 Å². The van der Waals surface area contributed by atoms with E-state index in [-0.39, 0.29) is 0 Å². The van der Waals surface area contributed by atoms with Gasteiger partial charge in [0.2, 0.25) is 0 Å². The van der Waals surface area contributed by atoms with E-state index in [1.807, 2.05) is 18.2 Å². The smallest absolute Gasteiger partial charge is 0.136 e. The van der Waals surface area contributed by atoms with Crippen LogP contribution < -0.4 is 0 Å². The molecular formula is C43H28OS. The summed E-state index contributed by atoms with van der Waals surface area (Å²) in [7, 11) is 0. The Bertz CT molecular complexity index is 2390. The lowest BCUT2D eigenvalue weighted by atomic mass is 9.87.